The Balaban J connectivity index is 1.62. The number of carbonyl (C=O) groups excluding carboxylic acids is 1. The fraction of sp³-hybridized carbons (Fsp3) is 0.333. The monoisotopic (exact) mass is 402 g/mol. The van der Waals surface area contributed by atoms with Crippen LogP contribution in [-0.4, -0.2) is 47.6 Å². The highest BCUT2D eigenvalue weighted by Gasteiger charge is 2.21. The van der Waals surface area contributed by atoms with Gasteiger partial charge in [0.15, 0.2) is 0 Å². The van der Waals surface area contributed by atoms with Crippen LogP contribution in [0.5, 0.6) is 0 Å². The van der Waals surface area contributed by atoms with Crippen molar-refractivity contribution < 1.29 is 13.2 Å². The lowest BCUT2D eigenvalue weighted by atomic mass is 10.1. The summed E-state index contributed by atoms with van der Waals surface area (Å²) in [6.45, 7) is 7.21. The molecule has 2 aromatic heterocycles. The molecule has 3 N–H and O–H groups in total. The van der Waals surface area contributed by atoms with Crippen LogP contribution in [0.3, 0.4) is 0 Å². The van der Waals surface area contributed by atoms with Gasteiger partial charge in [0, 0.05) is 18.7 Å². The SMILES string of the molecule is Cc1nc2ccc(C(=O)NCCNS(=O)(=O)c3c(C)n[nH]c3C)cc2nc1C. The van der Waals surface area contributed by atoms with Gasteiger partial charge in [0.2, 0.25) is 10.0 Å². The fourth-order valence-corrected chi connectivity index (χ4v) is 4.24. The number of sulfonamides is 1. The maximum absolute atomic E-state index is 12.4. The number of nitrogens with one attached hydrogen (secondary N) is 3. The van der Waals surface area contributed by atoms with Gasteiger partial charge in [-0.3, -0.25) is 9.89 Å². The molecule has 0 saturated heterocycles. The van der Waals surface area contributed by atoms with Crippen LogP contribution < -0.4 is 10.0 Å². The largest absolute Gasteiger partial charge is 0.351 e. The molecular formula is C18H22N6O3S. The van der Waals surface area contributed by atoms with E-state index in [9.17, 15) is 13.2 Å². The minimum absolute atomic E-state index is 0.0593. The van der Waals surface area contributed by atoms with Crippen molar-refractivity contribution in [1.29, 1.82) is 0 Å². The van der Waals surface area contributed by atoms with Gasteiger partial charge in [-0.25, -0.2) is 23.1 Å². The number of rotatable bonds is 6. The lowest BCUT2D eigenvalue weighted by Gasteiger charge is -2.09. The number of hydrogen-bond acceptors (Lipinski definition) is 6. The van der Waals surface area contributed by atoms with Crippen molar-refractivity contribution in [2.75, 3.05) is 13.1 Å². The average molecular weight is 402 g/mol. The molecule has 1 aromatic carbocycles. The van der Waals surface area contributed by atoms with E-state index in [1.165, 1.54) is 0 Å². The van der Waals surface area contributed by atoms with E-state index in [0.717, 1.165) is 16.9 Å². The van der Waals surface area contributed by atoms with Crippen molar-refractivity contribution in [3.05, 3.63) is 46.5 Å². The van der Waals surface area contributed by atoms with Crippen LogP contribution in [0.15, 0.2) is 23.1 Å². The Hall–Kier alpha value is -2.85. The number of H-pyrrole nitrogens is 1. The topological polar surface area (TPSA) is 130 Å². The Kier molecular flexibility index (Phi) is 5.43. The summed E-state index contributed by atoms with van der Waals surface area (Å²) in [5, 5.41) is 9.23. The summed E-state index contributed by atoms with van der Waals surface area (Å²) in [5.41, 5.74) is 4.33. The fourth-order valence-electron chi connectivity index (χ4n) is 2.84. The van der Waals surface area contributed by atoms with Crippen molar-refractivity contribution >= 4 is 27.0 Å². The minimum Gasteiger partial charge on any atom is -0.351 e. The van der Waals surface area contributed by atoms with Crippen molar-refractivity contribution in [3.63, 3.8) is 0 Å². The van der Waals surface area contributed by atoms with Crippen LogP contribution in [0.25, 0.3) is 11.0 Å². The Morgan fingerprint density at radius 1 is 1.00 bits per heavy atom. The van der Waals surface area contributed by atoms with Gasteiger partial charge < -0.3 is 5.32 Å². The zero-order valence-corrected chi connectivity index (χ0v) is 16.9. The molecule has 0 fully saturated rings. The molecule has 9 nitrogen and oxygen atoms in total. The zero-order valence-electron chi connectivity index (χ0n) is 16.1. The van der Waals surface area contributed by atoms with Crippen molar-refractivity contribution in [3.8, 4) is 0 Å². The molecule has 28 heavy (non-hydrogen) atoms. The number of aromatic nitrogens is 4. The molecule has 0 spiro atoms. The molecule has 1 amide bonds. The van der Waals surface area contributed by atoms with Crippen LogP contribution in [-0.2, 0) is 10.0 Å². The molecule has 0 bridgehead atoms. The molecule has 0 aliphatic rings. The summed E-state index contributed by atoms with van der Waals surface area (Å²) in [6, 6.07) is 5.09. The van der Waals surface area contributed by atoms with Crippen LogP contribution in [0.2, 0.25) is 0 Å². The Bertz CT molecular complexity index is 1130. The van der Waals surface area contributed by atoms with Gasteiger partial charge >= 0.3 is 0 Å². The first-order chi connectivity index (χ1) is 13.2. The Morgan fingerprint density at radius 2 is 1.68 bits per heavy atom. The first kappa shape index (κ1) is 19.9. The quantitative estimate of drug-likeness (QED) is 0.533. The molecule has 3 rings (SSSR count). The lowest BCUT2D eigenvalue weighted by molar-refractivity contribution is 0.0954. The highest BCUT2D eigenvalue weighted by Crippen LogP contribution is 2.16. The van der Waals surface area contributed by atoms with E-state index in [4.69, 9.17) is 0 Å². The summed E-state index contributed by atoms with van der Waals surface area (Å²) in [5.74, 6) is -0.309. The van der Waals surface area contributed by atoms with E-state index in [1.54, 1.807) is 32.0 Å². The maximum Gasteiger partial charge on any atom is 0.251 e. The van der Waals surface area contributed by atoms with E-state index in [-0.39, 0.29) is 23.9 Å². The molecule has 0 radical (unpaired) electrons. The van der Waals surface area contributed by atoms with Crippen molar-refractivity contribution in [1.82, 2.24) is 30.2 Å². The van der Waals surface area contributed by atoms with Gasteiger partial charge in [-0.1, -0.05) is 0 Å². The van der Waals surface area contributed by atoms with Gasteiger partial charge in [0.25, 0.3) is 5.91 Å². The summed E-state index contributed by atoms with van der Waals surface area (Å²) in [7, 11) is -3.69. The second kappa shape index (κ2) is 7.64. The highest BCUT2D eigenvalue weighted by molar-refractivity contribution is 7.89. The van der Waals surface area contributed by atoms with Gasteiger partial charge in [0.1, 0.15) is 4.90 Å². The molecular weight excluding hydrogens is 380 g/mol. The molecule has 0 aliphatic heterocycles. The number of amides is 1. The molecule has 10 heteroatoms. The van der Waals surface area contributed by atoms with Gasteiger partial charge in [0.05, 0.1) is 33.8 Å². The summed E-state index contributed by atoms with van der Waals surface area (Å²) in [6.07, 6.45) is 0. The predicted octanol–water partition coefficient (Wildman–Crippen LogP) is 1.29. The number of aromatic amines is 1. The number of hydrogen-bond donors (Lipinski definition) is 3. The molecule has 0 saturated carbocycles. The first-order valence-electron chi connectivity index (χ1n) is 8.73. The van der Waals surface area contributed by atoms with E-state index in [1.807, 2.05) is 13.8 Å². The zero-order chi connectivity index (χ0) is 20.5. The van der Waals surface area contributed by atoms with Crippen molar-refractivity contribution in [2.45, 2.75) is 32.6 Å². The summed E-state index contributed by atoms with van der Waals surface area (Å²) in [4.78, 5) is 21.4. The van der Waals surface area contributed by atoms with Crippen LogP contribution in [0.4, 0.5) is 0 Å². The number of fused-ring (bicyclic) bond motifs is 1. The van der Waals surface area contributed by atoms with Crippen LogP contribution in [0.1, 0.15) is 33.1 Å². The molecule has 148 valence electrons. The smallest absolute Gasteiger partial charge is 0.251 e. The Morgan fingerprint density at radius 3 is 2.32 bits per heavy atom. The van der Waals surface area contributed by atoms with Crippen molar-refractivity contribution in [2.24, 2.45) is 0 Å². The normalized spacial score (nSPS) is 11.7. The average Bonchev–Trinajstić information content (AvgIpc) is 2.98. The second-order valence-electron chi connectivity index (χ2n) is 6.51. The number of nitrogens with zero attached hydrogens (tertiary/aromatic N) is 3. The lowest BCUT2D eigenvalue weighted by Crippen LogP contribution is -2.35. The molecule has 2 heterocycles. The van der Waals surface area contributed by atoms with Gasteiger partial charge in [-0.15, -0.1) is 0 Å². The third-order valence-corrected chi connectivity index (χ3v) is 6.09. The Labute approximate surface area is 163 Å². The molecule has 0 unspecified atom stereocenters. The third-order valence-electron chi connectivity index (χ3n) is 4.37. The van der Waals surface area contributed by atoms with Gasteiger partial charge in [-0.05, 0) is 45.9 Å². The standard InChI is InChI=1S/C18H22N6O3S/c1-10-11(2)22-16-9-14(5-6-15(16)21-10)18(25)19-7-8-20-28(26,27)17-12(3)23-24-13(17)4/h5-6,9,20H,7-8H2,1-4H3,(H,19,25)(H,23,24). The highest BCUT2D eigenvalue weighted by atomic mass is 32.2. The number of carbonyl (C=O) groups is 1. The number of benzene rings is 1. The maximum atomic E-state index is 12.4. The first-order valence-corrected chi connectivity index (χ1v) is 10.2. The summed E-state index contributed by atoms with van der Waals surface area (Å²) >= 11 is 0. The van der Waals surface area contributed by atoms with E-state index in [0.29, 0.717) is 22.5 Å². The third kappa shape index (κ3) is 4.02. The minimum atomic E-state index is -3.69. The molecule has 3 aromatic rings. The molecule has 0 aliphatic carbocycles. The second-order valence-corrected chi connectivity index (χ2v) is 8.22. The van der Waals surface area contributed by atoms with E-state index < -0.39 is 10.0 Å². The molecule has 0 atom stereocenters. The van der Waals surface area contributed by atoms with Crippen LogP contribution in [0, 0.1) is 27.7 Å². The predicted molar refractivity (Wildman–Crippen MR) is 105 cm³/mol. The van der Waals surface area contributed by atoms with Crippen LogP contribution >= 0.6 is 0 Å². The summed E-state index contributed by atoms with van der Waals surface area (Å²) < 4.78 is 27.2. The van der Waals surface area contributed by atoms with Gasteiger partial charge in [-0.2, -0.15) is 5.10 Å². The van der Waals surface area contributed by atoms with E-state index >= 15 is 0 Å². The van der Waals surface area contributed by atoms with E-state index in [2.05, 4.69) is 30.2 Å². The number of aryl methyl sites for hydroxylation is 4.